The molecule has 94 valence electrons. The van der Waals surface area contributed by atoms with Crippen molar-refractivity contribution in [1.82, 2.24) is 5.32 Å². The van der Waals surface area contributed by atoms with E-state index in [1.165, 1.54) is 0 Å². The van der Waals surface area contributed by atoms with E-state index in [-0.39, 0.29) is 12.8 Å². The summed E-state index contributed by atoms with van der Waals surface area (Å²) in [5, 5.41) is 2.97. The maximum Gasteiger partial charge on any atom is 0.318 e. The third kappa shape index (κ3) is 2.90. The second-order valence-electron chi connectivity index (χ2n) is 5.21. The summed E-state index contributed by atoms with van der Waals surface area (Å²) in [5.74, 6) is -0.767. The Morgan fingerprint density at radius 3 is 2.19 bits per heavy atom. The molecule has 1 heterocycles. The molecule has 1 saturated heterocycles. The smallest absolute Gasteiger partial charge is 0.318 e. The molecule has 3 nitrogen and oxygen atoms in total. The summed E-state index contributed by atoms with van der Waals surface area (Å²) >= 11 is 0. The number of hydrogen-bond donors (Lipinski definition) is 1. The Morgan fingerprint density at radius 1 is 1.31 bits per heavy atom. The molecule has 1 N–H and O–H groups in total. The number of rotatable bonds is 2. The molecule has 1 aliphatic rings. The van der Waals surface area contributed by atoms with Crippen LogP contribution in [0.25, 0.3) is 0 Å². The van der Waals surface area contributed by atoms with Gasteiger partial charge in [-0.15, -0.1) is 0 Å². The molecule has 0 atom stereocenters. The fraction of sp³-hybridized carbons (Fsp3) is 0.909. The summed E-state index contributed by atoms with van der Waals surface area (Å²) < 4.78 is 31.2. The minimum atomic E-state index is -2.66. The number of hydrogen-bond acceptors (Lipinski definition) is 3. The predicted molar refractivity (Wildman–Crippen MR) is 56.4 cm³/mol. The molecule has 0 aromatic carbocycles. The van der Waals surface area contributed by atoms with Gasteiger partial charge in [0.15, 0.2) is 0 Å². The van der Waals surface area contributed by atoms with Crippen LogP contribution in [-0.4, -0.2) is 31.1 Å². The van der Waals surface area contributed by atoms with E-state index in [2.05, 4.69) is 5.32 Å². The van der Waals surface area contributed by atoms with E-state index in [0.717, 1.165) is 0 Å². The van der Waals surface area contributed by atoms with E-state index >= 15 is 0 Å². The van der Waals surface area contributed by atoms with Gasteiger partial charge in [-0.25, -0.2) is 8.78 Å². The van der Waals surface area contributed by atoms with Crippen LogP contribution in [0.5, 0.6) is 0 Å². The van der Waals surface area contributed by atoms with Crippen molar-refractivity contribution >= 4 is 5.97 Å². The average molecular weight is 235 g/mol. The Kier molecular flexibility index (Phi) is 3.88. The highest BCUT2D eigenvalue weighted by Crippen LogP contribution is 2.38. The van der Waals surface area contributed by atoms with Crippen LogP contribution < -0.4 is 5.32 Å². The average Bonchev–Trinajstić information content (AvgIpc) is 2.16. The summed E-state index contributed by atoms with van der Waals surface area (Å²) in [7, 11) is 0. The van der Waals surface area contributed by atoms with Crippen LogP contribution in [0, 0.1) is 5.41 Å². The van der Waals surface area contributed by atoms with E-state index in [1.807, 2.05) is 0 Å². The molecule has 1 rings (SSSR count). The number of nitrogens with one attached hydrogen (secondary N) is 1. The van der Waals surface area contributed by atoms with Crippen LogP contribution in [0.1, 0.15) is 33.6 Å². The van der Waals surface area contributed by atoms with Crippen molar-refractivity contribution in [2.24, 2.45) is 5.41 Å². The number of ether oxygens (including phenoxy) is 1. The maximum atomic E-state index is 13.1. The zero-order valence-electron chi connectivity index (χ0n) is 9.98. The molecule has 0 aromatic heterocycles. The van der Waals surface area contributed by atoms with E-state index in [0.29, 0.717) is 13.1 Å². The molecule has 0 unspecified atom stereocenters. The SMILES string of the molecule is CC(C)(C)OC(=O)C1(C(F)F)CCNCC1. The van der Waals surface area contributed by atoms with E-state index in [4.69, 9.17) is 4.74 Å². The van der Waals surface area contributed by atoms with Crippen LogP contribution >= 0.6 is 0 Å². The second-order valence-corrected chi connectivity index (χ2v) is 5.21. The van der Waals surface area contributed by atoms with Gasteiger partial charge in [0, 0.05) is 0 Å². The monoisotopic (exact) mass is 235 g/mol. The summed E-state index contributed by atoms with van der Waals surface area (Å²) in [6.45, 7) is 5.93. The van der Waals surface area contributed by atoms with E-state index < -0.39 is 23.4 Å². The van der Waals surface area contributed by atoms with Crippen LogP contribution in [0.4, 0.5) is 8.78 Å². The Morgan fingerprint density at radius 2 is 1.81 bits per heavy atom. The zero-order valence-corrected chi connectivity index (χ0v) is 9.98. The summed E-state index contributed by atoms with van der Waals surface area (Å²) in [6.07, 6.45) is -2.39. The molecule has 1 aliphatic heterocycles. The predicted octanol–water partition coefficient (Wildman–Crippen LogP) is 1.96. The van der Waals surface area contributed by atoms with Gasteiger partial charge in [0.2, 0.25) is 0 Å². The number of carbonyl (C=O) groups is 1. The first-order chi connectivity index (χ1) is 7.28. The summed E-state index contributed by atoms with van der Waals surface area (Å²) in [5.41, 5.74) is -2.33. The Bertz CT molecular complexity index is 255. The van der Waals surface area contributed by atoms with Crippen LogP contribution in [0.3, 0.4) is 0 Å². The van der Waals surface area contributed by atoms with Gasteiger partial charge in [-0.05, 0) is 46.7 Å². The van der Waals surface area contributed by atoms with E-state index in [1.54, 1.807) is 20.8 Å². The van der Waals surface area contributed by atoms with Gasteiger partial charge in [-0.3, -0.25) is 4.79 Å². The minimum absolute atomic E-state index is 0.138. The molecule has 0 spiro atoms. The molecule has 16 heavy (non-hydrogen) atoms. The molecule has 1 fully saturated rings. The van der Waals surface area contributed by atoms with Crippen molar-refractivity contribution in [3.63, 3.8) is 0 Å². The van der Waals surface area contributed by atoms with Gasteiger partial charge in [0.1, 0.15) is 11.0 Å². The summed E-state index contributed by atoms with van der Waals surface area (Å²) in [6, 6.07) is 0. The quantitative estimate of drug-likeness (QED) is 0.744. The van der Waals surface area contributed by atoms with Crippen molar-refractivity contribution in [2.75, 3.05) is 13.1 Å². The molecular weight excluding hydrogens is 216 g/mol. The number of halogens is 2. The molecule has 0 aliphatic carbocycles. The first kappa shape index (κ1) is 13.4. The van der Waals surface area contributed by atoms with Crippen molar-refractivity contribution < 1.29 is 18.3 Å². The lowest BCUT2D eigenvalue weighted by molar-refractivity contribution is -0.180. The van der Waals surface area contributed by atoms with Crippen LogP contribution in [0.2, 0.25) is 0 Å². The van der Waals surface area contributed by atoms with Crippen molar-refractivity contribution in [2.45, 2.75) is 45.6 Å². The van der Waals surface area contributed by atoms with Crippen molar-refractivity contribution in [3.05, 3.63) is 0 Å². The molecule has 0 amide bonds. The van der Waals surface area contributed by atoms with Gasteiger partial charge in [0.25, 0.3) is 6.43 Å². The number of piperidine rings is 1. The fourth-order valence-electron chi connectivity index (χ4n) is 1.76. The fourth-order valence-corrected chi connectivity index (χ4v) is 1.76. The van der Waals surface area contributed by atoms with Gasteiger partial charge < -0.3 is 10.1 Å². The molecule has 0 aromatic rings. The number of alkyl halides is 2. The van der Waals surface area contributed by atoms with Crippen molar-refractivity contribution in [1.29, 1.82) is 0 Å². The maximum absolute atomic E-state index is 13.1. The molecule has 5 heteroatoms. The third-order valence-electron chi connectivity index (χ3n) is 2.72. The second kappa shape index (κ2) is 4.65. The first-order valence-electron chi connectivity index (χ1n) is 5.50. The first-order valence-corrected chi connectivity index (χ1v) is 5.50. The highest BCUT2D eigenvalue weighted by atomic mass is 19.3. The van der Waals surface area contributed by atoms with Gasteiger partial charge >= 0.3 is 5.97 Å². The highest BCUT2D eigenvalue weighted by Gasteiger charge is 2.50. The summed E-state index contributed by atoms with van der Waals surface area (Å²) in [4.78, 5) is 11.8. The van der Waals surface area contributed by atoms with Crippen molar-refractivity contribution in [3.8, 4) is 0 Å². The normalized spacial score (nSPS) is 20.9. The van der Waals surface area contributed by atoms with Gasteiger partial charge in [0.05, 0.1) is 0 Å². The Labute approximate surface area is 94.5 Å². The molecular formula is C11H19F2NO2. The van der Waals surface area contributed by atoms with Gasteiger partial charge in [-0.1, -0.05) is 0 Å². The van der Waals surface area contributed by atoms with Gasteiger partial charge in [-0.2, -0.15) is 0 Å². The molecule has 0 radical (unpaired) electrons. The number of esters is 1. The lowest BCUT2D eigenvalue weighted by atomic mass is 9.79. The van der Waals surface area contributed by atoms with Crippen LogP contribution in [0.15, 0.2) is 0 Å². The lowest BCUT2D eigenvalue weighted by Gasteiger charge is -2.36. The molecule has 0 saturated carbocycles. The van der Waals surface area contributed by atoms with Crippen LogP contribution in [-0.2, 0) is 9.53 Å². The Balaban J connectivity index is 2.81. The topological polar surface area (TPSA) is 38.3 Å². The standard InChI is InChI=1S/C11H19F2NO2/c1-10(2,3)16-9(15)11(8(12)13)4-6-14-7-5-11/h8,14H,4-7H2,1-3H3. The Hall–Kier alpha value is -0.710. The van der Waals surface area contributed by atoms with E-state index in [9.17, 15) is 13.6 Å². The third-order valence-corrected chi connectivity index (χ3v) is 2.72. The lowest BCUT2D eigenvalue weighted by Crippen LogP contribution is -2.49. The minimum Gasteiger partial charge on any atom is -0.459 e. The molecule has 0 bridgehead atoms. The largest absolute Gasteiger partial charge is 0.459 e. The highest BCUT2D eigenvalue weighted by molar-refractivity contribution is 5.78. The zero-order chi connectivity index (χ0) is 12.4. The number of carbonyl (C=O) groups excluding carboxylic acids is 1.